The van der Waals surface area contributed by atoms with Crippen molar-refractivity contribution in [3.63, 3.8) is 0 Å². The number of aliphatic hydroxyl groups excluding tert-OH is 1. The van der Waals surface area contributed by atoms with E-state index in [1.807, 2.05) is 25.9 Å². The third kappa shape index (κ3) is 4.77. The standard InChI is InChI=1S/C24H27FN2O4/c1-4-31-17-10-7-9-16(15-17)22(28)20-21(18-11-5-6-12-19(18)25)27(24(30)23(20)29)14-8-13-26(2)3/h5-7,9-12,15,21,28H,4,8,13-14H2,1-3H3/b22-20-. The van der Waals surface area contributed by atoms with Crippen LogP contribution >= 0.6 is 0 Å². The van der Waals surface area contributed by atoms with Gasteiger partial charge in [0.05, 0.1) is 18.2 Å². The van der Waals surface area contributed by atoms with E-state index in [-0.39, 0.29) is 23.4 Å². The number of ketones is 1. The highest BCUT2D eigenvalue weighted by Crippen LogP contribution is 2.40. The van der Waals surface area contributed by atoms with Gasteiger partial charge in [0, 0.05) is 17.7 Å². The Bertz CT molecular complexity index is 1000. The molecule has 0 radical (unpaired) electrons. The molecule has 164 valence electrons. The molecule has 0 saturated carbocycles. The molecule has 1 unspecified atom stereocenters. The number of nitrogens with zero attached hydrogens (tertiary/aromatic N) is 2. The van der Waals surface area contributed by atoms with Crippen molar-refractivity contribution in [1.82, 2.24) is 9.80 Å². The summed E-state index contributed by atoms with van der Waals surface area (Å²) in [7, 11) is 3.82. The summed E-state index contributed by atoms with van der Waals surface area (Å²) in [5.74, 6) is -1.93. The van der Waals surface area contributed by atoms with Crippen molar-refractivity contribution in [2.24, 2.45) is 0 Å². The summed E-state index contributed by atoms with van der Waals surface area (Å²) in [4.78, 5) is 29.1. The van der Waals surface area contributed by atoms with Crippen molar-refractivity contribution in [3.05, 3.63) is 71.0 Å². The number of halogens is 1. The van der Waals surface area contributed by atoms with E-state index in [4.69, 9.17) is 4.74 Å². The van der Waals surface area contributed by atoms with Gasteiger partial charge in [-0.3, -0.25) is 9.59 Å². The molecule has 0 spiro atoms. The van der Waals surface area contributed by atoms with Crippen molar-refractivity contribution in [3.8, 4) is 5.75 Å². The van der Waals surface area contributed by atoms with Crippen molar-refractivity contribution in [2.75, 3.05) is 33.8 Å². The summed E-state index contributed by atoms with van der Waals surface area (Å²) < 4.78 is 20.2. The zero-order valence-corrected chi connectivity index (χ0v) is 18.0. The smallest absolute Gasteiger partial charge is 0.295 e. The Morgan fingerprint density at radius 3 is 2.58 bits per heavy atom. The van der Waals surface area contributed by atoms with E-state index in [9.17, 15) is 19.1 Å². The third-order valence-corrected chi connectivity index (χ3v) is 5.16. The number of benzene rings is 2. The lowest BCUT2D eigenvalue weighted by atomic mass is 9.95. The van der Waals surface area contributed by atoms with Crippen LogP contribution in [-0.2, 0) is 9.59 Å². The quantitative estimate of drug-likeness (QED) is 0.397. The van der Waals surface area contributed by atoms with Gasteiger partial charge in [0.2, 0.25) is 0 Å². The first-order chi connectivity index (χ1) is 14.8. The summed E-state index contributed by atoms with van der Waals surface area (Å²) in [6.07, 6.45) is 0.602. The van der Waals surface area contributed by atoms with Crippen molar-refractivity contribution < 1.29 is 23.8 Å². The zero-order chi connectivity index (χ0) is 22.5. The van der Waals surface area contributed by atoms with E-state index >= 15 is 0 Å². The Morgan fingerprint density at radius 1 is 1.16 bits per heavy atom. The van der Waals surface area contributed by atoms with Gasteiger partial charge < -0.3 is 19.6 Å². The van der Waals surface area contributed by atoms with Gasteiger partial charge >= 0.3 is 0 Å². The second kappa shape index (κ2) is 9.75. The van der Waals surface area contributed by atoms with Gasteiger partial charge in [0.1, 0.15) is 17.3 Å². The SMILES string of the molecule is CCOc1cccc(/C(O)=C2/C(=O)C(=O)N(CCCN(C)C)C2c2ccccc2F)c1. The Kier molecular flexibility index (Phi) is 7.07. The summed E-state index contributed by atoms with van der Waals surface area (Å²) >= 11 is 0. The Labute approximate surface area is 181 Å². The number of carbonyl (C=O) groups excluding carboxylic acids is 2. The van der Waals surface area contributed by atoms with Crippen LogP contribution in [0, 0.1) is 5.82 Å². The van der Waals surface area contributed by atoms with Crippen LogP contribution in [0.15, 0.2) is 54.1 Å². The number of carbonyl (C=O) groups is 2. The fourth-order valence-corrected chi connectivity index (χ4v) is 3.74. The highest BCUT2D eigenvalue weighted by Gasteiger charge is 2.46. The molecule has 3 rings (SSSR count). The number of aliphatic hydroxyl groups is 1. The average Bonchev–Trinajstić information content (AvgIpc) is 2.99. The Hall–Kier alpha value is -3.19. The van der Waals surface area contributed by atoms with E-state index in [0.717, 1.165) is 0 Å². The first kappa shape index (κ1) is 22.5. The maximum absolute atomic E-state index is 14.7. The third-order valence-electron chi connectivity index (χ3n) is 5.16. The van der Waals surface area contributed by atoms with E-state index < -0.39 is 23.5 Å². The van der Waals surface area contributed by atoms with E-state index in [1.165, 1.54) is 17.0 Å². The minimum atomic E-state index is -1.00. The molecule has 1 N–H and O–H groups in total. The van der Waals surface area contributed by atoms with Crippen LogP contribution in [-0.4, -0.2) is 60.4 Å². The lowest BCUT2D eigenvalue weighted by molar-refractivity contribution is -0.140. The fraction of sp³-hybridized carbons (Fsp3) is 0.333. The highest BCUT2D eigenvalue weighted by molar-refractivity contribution is 6.46. The lowest BCUT2D eigenvalue weighted by Gasteiger charge is -2.26. The number of rotatable bonds is 8. The molecule has 0 bridgehead atoms. The molecular weight excluding hydrogens is 399 g/mol. The number of hydrogen-bond donors (Lipinski definition) is 1. The molecule has 1 aliphatic heterocycles. The van der Waals surface area contributed by atoms with Gasteiger partial charge in [-0.2, -0.15) is 0 Å². The number of hydrogen-bond acceptors (Lipinski definition) is 5. The fourth-order valence-electron chi connectivity index (χ4n) is 3.74. The lowest BCUT2D eigenvalue weighted by Crippen LogP contribution is -2.32. The van der Waals surface area contributed by atoms with E-state index in [2.05, 4.69) is 0 Å². The van der Waals surface area contributed by atoms with Crippen LogP contribution in [0.3, 0.4) is 0 Å². The molecule has 1 fully saturated rings. The van der Waals surface area contributed by atoms with Gasteiger partial charge in [-0.1, -0.05) is 30.3 Å². The van der Waals surface area contributed by atoms with Crippen molar-refractivity contribution >= 4 is 17.4 Å². The van der Waals surface area contributed by atoms with Crippen LogP contribution in [0.2, 0.25) is 0 Å². The van der Waals surface area contributed by atoms with Crippen LogP contribution in [0.5, 0.6) is 5.75 Å². The minimum Gasteiger partial charge on any atom is -0.507 e. The van der Waals surface area contributed by atoms with E-state index in [0.29, 0.717) is 30.9 Å². The first-order valence-electron chi connectivity index (χ1n) is 10.3. The molecule has 1 saturated heterocycles. The molecule has 6 nitrogen and oxygen atoms in total. The summed E-state index contributed by atoms with van der Waals surface area (Å²) in [5.41, 5.74) is 0.390. The minimum absolute atomic E-state index is 0.117. The predicted octanol–water partition coefficient (Wildman–Crippen LogP) is 3.60. The van der Waals surface area contributed by atoms with Crippen LogP contribution in [0.1, 0.15) is 30.5 Å². The second-order valence-electron chi connectivity index (χ2n) is 7.63. The molecule has 2 aromatic carbocycles. The van der Waals surface area contributed by atoms with Gasteiger partial charge in [0.25, 0.3) is 11.7 Å². The number of likely N-dealkylation sites (tertiary alicyclic amines) is 1. The topological polar surface area (TPSA) is 70.1 Å². The first-order valence-corrected chi connectivity index (χ1v) is 10.3. The van der Waals surface area contributed by atoms with Crippen molar-refractivity contribution in [1.29, 1.82) is 0 Å². The molecule has 1 heterocycles. The summed E-state index contributed by atoms with van der Waals surface area (Å²) in [6, 6.07) is 11.6. The summed E-state index contributed by atoms with van der Waals surface area (Å²) in [6.45, 7) is 3.24. The predicted molar refractivity (Wildman–Crippen MR) is 116 cm³/mol. The van der Waals surface area contributed by atoms with Crippen LogP contribution < -0.4 is 4.74 Å². The number of Topliss-reactive ketones (excluding diaryl/α,β-unsaturated/α-hetero) is 1. The van der Waals surface area contributed by atoms with Crippen LogP contribution in [0.4, 0.5) is 4.39 Å². The van der Waals surface area contributed by atoms with Gasteiger partial charge in [-0.05, 0) is 52.2 Å². The normalized spacial score (nSPS) is 18.1. The van der Waals surface area contributed by atoms with Gasteiger partial charge in [0.15, 0.2) is 0 Å². The molecule has 1 atom stereocenters. The Morgan fingerprint density at radius 2 is 1.90 bits per heavy atom. The molecule has 0 aromatic heterocycles. The monoisotopic (exact) mass is 426 g/mol. The maximum Gasteiger partial charge on any atom is 0.295 e. The van der Waals surface area contributed by atoms with E-state index in [1.54, 1.807) is 36.4 Å². The molecule has 7 heteroatoms. The van der Waals surface area contributed by atoms with Crippen molar-refractivity contribution in [2.45, 2.75) is 19.4 Å². The molecule has 1 aliphatic rings. The van der Waals surface area contributed by atoms with Gasteiger partial charge in [-0.25, -0.2) is 4.39 Å². The maximum atomic E-state index is 14.7. The zero-order valence-electron chi connectivity index (χ0n) is 18.0. The molecule has 1 amide bonds. The average molecular weight is 426 g/mol. The van der Waals surface area contributed by atoms with Gasteiger partial charge in [-0.15, -0.1) is 0 Å². The highest BCUT2D eigenvalue weighted by atomic mass is 19.1. The second-order valence-corrected chi connectivity index (χ2v) is 7.63. The summed E-state index contributed by atoms with van der Waals surface area (Å²) in [5, 5.41) is 11.0. The molecule has 2 aromatic rings. The number of amides is 1. The van der Waals surface area contributed by atoms with Crippen LogP contribution in [0.25, 0.3) is 5.76 Å². The molecule has 0 aliphatic carbocycles. The Balaban J connectivity index is 2.11. The molecule has 31 heavy (non-hydrogen) atoms. The number of ether oxygens (including phenoxy) is 1. The largest absolute Gasteiger partial charge is 0.507 e. The molecular formula is C24H27FN2O4.